The van der Waals surface area contributed by atoms with Gasteiger partial charge in [0, 0.05) is 60.8 Å². The molecule has 0 aliphatic rings. The van der Waals surface area contributed by atoms with Gasteiger partial charge in [0.05, 0.1) is 51.3 Å². The molecule has 12 aromatic rings. The molecule has 8 aromatic carbocycles. The molecular formula is C50H27N5O. The topological polar surface area (TPSA) is 56.1 Å². The van der Waals surface area contributed by atoms with E-state index < -0.39 is 0 Å². The fraction of sp³-hybridized carbons (Fsp3) is 0. The SMILES string of the molecule is [C-]#[N+]c1ccc2c(c1)c1cc(C#N)ccc1n2-c1ccc2oc3cc(-n4c5ccccc5c5ccc6c(c7ccccc7n6-c6ccccc6)c54)ccc3c2c1. The summed E-state index contributed by atoms with van der Waals surface area (Å²) in [6.07, 6.45) is 0. The average molecular weight is 714 g/mol. The van der Waals surface area contributed by atoms with Gasteiger partial charge in [-0.25, -0.2) is 4.85 Å². The predicted molar refractivity (Wildman–Crippen MR) is 228 cm³/mol. The van der Waals surface area contributed by atoms with Gasteiger partial charge in [0.2, 0.25) is 0 Å². The number of furan rings is 1. The smallest absolute Gasteiger partial charge is 0.188 e. The molecule has 4 aromatic heterocycles. The Balaban J connectivity index is 1.10. The fourth-order valence-electron chi connectivity index (χ4n) is 9.09. The lowest BCUT2D eigenvalue weighted by Gasteiger charge is -2.10. The summed E-state index contributed by atoms with van der Waals surface area (Å²) < 4.78 is 13.6. The Morgan fingerprint density at radius 3 is 1.91 bits per heavy atom. The van der Waals surface area contributed by atoms with Crippen LogP contribution < -0.4 is 0 Å². The molecule has 0 saturated heterocycles. The number of benzene rings is 8. The van der Waals surface area contributed by atoms with Crippen LogP contribution in [0.1, 0.15) is 5.56 Å². The molecule has 0 amide bonds. The van der Waals surface area contributed by atoms with Crippen molar-refractivity contribution in [1.29, 1.82) is 5.26 Å². The summed E-state index contributed by atoms with van der Waals surface area (Å²) in [4.78, 5) is 3.68. The minimum absolute atomic E-state index is 0.567. The van der Waals surface area contributed by atoms with Gasteiger partial charge in [-0.2, -0.15) is 5.26 Å². The maximum absolute atomic E-state index is 9.69. The van der Waals surface area contributed by atoms with E-state index in [9.17, 15) is 5.26 Å². The van der Waals surface area contributed by atoms with Gasteiger partial charge in [-0.1, -0.05) is 66.7 Å². The second-order valence-corrected chi connectivity index (χ2v) is 14.4. The zero-order valence-corrected chi connectivity index (χ0v) is 29.7. The van der Waals surface area contributed by atoms with Crippen molar-refractivity contribution in [3.05, 3.63) is 181 Å². The normalized spacial score (nSPS) is 11.9. The number of rotatable bonds is 3. The zero-order valence-electron chi connectivity index (χ0n) is 29.7. The lowest BCUT2D eigenvalue weighted by molar-refractivity contribution is 0.668. The highest BCUT2D eigenvalue weighted by atomic mass is 16.3. The second-order valence-electron chi connectivity index (χ2n) is 14.4. The number of aromatic nitrogens is 3. The molecule has 258 valence electrons. The quantitative estimate of drug-likeness (QED) is 0.171. The Kier molecular flexibility index (Phi) is 6.10. The third kappa shape index (κ3) is 4.07. The van der Waals surface area contributed by atoms with Crippen LogP contribution >= 0.6 is 0 Å². The second kappa shape index (κ2) is 11.2. The van der Waals surface area contributed by atoms with Gasteiger partial charge in [0.25, 0.3) is 0 Å². The number of para-hydroxylation sites is 3. The molecule has 0 spiro atoms. The number of hydrogen-bond donors (Lipinski definition) is 0. The molecule has 0 aliphatic carbocycles. The van der Waals surface area contributed by atoms with E-state index >= 15 is 0 Å². The summed E-state index contributed by atoms with van der Waals surface area (Å²) in [7, 11) is 0. The standard InChI is InChI=1S/C50H27N5O/c1-52-31-16-22-45-40(26-31)39-25-30(29-51)15-21-44(39)54(45)33-18-24-47-41(27-33)36-19-17-34(28-48(36)56-47)55-42-13-7-5-11-35(42)37-20-23-46-49(50(37)55)38-12-6-8-14-43(38)53(46)32-9-3-2-4-10-32/h2-28H. The van der Waals surface area contributed by atoms with Crippen LogP contribution in [0.25, 0.3) is 109 Å². The van der Waals surface area contributed by atoms with Crippen LogP contribution in [-0.2, 0) is 0 Å². The monoisotopic (exact) mass is 713 g/mol. The molecular weight excluding hydrogens is 687 g/mol. The molecule has 4 heterocycles. The Morgan fingerprint density at radius 1 is 0.446 bits per heavy atom. The number of hydrogen-bond acceptors (Lipinski definition) is 2. The van der Waals surface area contributed by atoms with Crippen LogP contribution in [-0.4, -0.2) is 13.7 Å². The zero-order chi connectivity index (χ0) is 37.1. The maximum Gasteiger partial charge on any atom is 0.188 e. The van der Waals surface area contributed by atoms with Crippen molar-refractivity contribution in [2.45, 2.75) is 0 Å². The minimum atomic E-state index is 0.567. The first-order valence-corrected chi connectivity index (χ1v) is 18.5. The van der Waals surface area contributed by atoms with Crippen LogP contribution in [0.2, 0.25) is 0 Å². The van der Waals surface area contributed by atoms with Gasteiger partial charge >= 0.3 is 0 Å². The Labute approximate surface area is 319 Å². The van der Waals surface area contributed by atoms with Gasteiger partial charge in [-0.3, -0.25) is 0 Å². The number of fused-ring (bicyclic) bond motifs is 13. The van der Waals surface area contributed by atoms with Crippen molar-refractivity contribution in [1.82, 2.24) is 13.7 Å². The molecule has 0 radical (unpaired) electrons. The van der Waals surface area contributed by atoms with E-state index in [2.05, 4.69) is 146 Å². The summed E-state index contributed by atoms with van der Waals surface area (Å²) in [6, 6.07) is 59.2. The molecule has 6 heteroatoms. The van der Waals surface area contributed by atoms with Crippen molar-refractivity contribution in [3.8, 4) is 23.1 Å². The van der Waals surface area contributed by atoms with Crippen LogP contribution in [0.4, 0.5) is 5.69 Å². The molecule has 6 nitrogen and oxygen atoms in total. The van der Waals surface area contributed by atoms with Gasteiger partial charge in [0.15, 0.2) is 5.69 Å². The lowest BCUT2D eigenvalue weighted by atomic mass is 10.1. The van der Waals surface area contributed by atoms with Crippen LogP contribution in [0.15, 0.2) is 168 Å². The molecule has 0 bridgehead atoms. The van der Waals surface area contributed by atoms with Gasteiger partial charge in [-0.05, 0) is 96.4 Å². The molecule has 0 fully saturated rings. The van der Waals surface area contributed by atoms with Gasteiger partial charge < -0.3 is 18.1 Å². The Bertz CT molecular complexity index is 3660. The first kappa shape index (κ1) is 30.4. The van der Waals surface area contributed by atoms with E-state index in [-0.39, 0.29) is 0 Å². The maximum atomic E-state index is 9.69. The highest BCUT2D eigenvalue weighted by molar-refractivity contribution is 6.26. The van der Waals surface area contributed by atoms with Crippen LogP contribution in [0, 0.1) is 17.9 Å². The molecule has 0 saturated carbocycles. The van der Waals surface area contributed by atoms with Gasteiger partial charge in [0.1, 0.15) is 11.2 Å². The summed E-state index contributed by atoms with van der Waals surface area (Å²) in [5.41, 5.74) is 12.5. The Morgan fingerprint density at radius 2 is 1.09 bits per heavy atom. The van der Waals surface area contributed by atoms with Crippen molar-refractivity contribution < 1.29 is 4.42 Å². The van der Waals surface area contributed by atoms with Crippen molar-refractivity contribution in [2.24, 2.45) is 0 Å². The highest BCUT2D eigenvalue weighted by Gasteiger charge is 2.22. The number of nitriles is 1. The minimum Gasteiger partial charge on any atom is -0.456 e. The average Bonchev–Trinajstić information content (AvgIpc) is 3.99. The first-order valence-electron chi connectivity index (χ1n) is 18.5. The summed E-state index contributed by atoms with van der Waals surface area (Å²) >= 11 is 0. The third-order valence-corrected chi connectivity index (χ3v) is 11.4. The van der Waals surface area contributed by atoms with E-state index in [1.54, 1.807) is 0 Å². The molecule has 0 aliphatic heterocycles. The molecule has 0 unspecified atom stereocenters. The van der Waals surface area contributed by atoms with E-state index in [4.69, 9.17) is 11.0 Å². The Hall–Kier alpha value is -8.06. The largest absolute Gasteiger partial charge is 0.456 e. The molecule has 56 heavy (non-hydrogen) atoms. The molecule has 12 rings (SSSR count). The predicted octanol–water partition coefficient (Wildman–Crippen LogP) is 13.3. The van der Waals surface area contributed by atoms with E-state index in [0.29, 0.717) is 11.3 Å². The molecule has 0 N–H and O–H groups in total. The summed E-state index contributed by atoms with van der Waals surface area (Å²) in [5, 5.41) is 18.4. The van der Waals surface area contributed by atoms with E-state index in [1.807, 2.05) is 42.5 Å². The van der Waals surface area contributed by atoms with Crippen molar-refractivity contribution >= 4 is 93.0 Å². The summed E-state index contributed by atoms with van der Waals surface area (Å²) in [5.74, 6) is 0. The molecule has 0 atom stereocenters. The fourth-order valence-corrected chi connectivity index (χ4v) is 9.09. The van der Waals surface area contributed by atoms with Crippen molar-refractivity contribution in [3.63, 3.8) is 0 Å². The van der Waals surface area contributed by atoms with E-state index in [0.717, 1.165) is 71.8 Å². The van der Waals surface area contributed by atoms with Crippen molar-refractivity contribution in [2.75, 3.05) is 0 Å². The van der Waals surface area contributed by atoms with Gasteiger partial charge in [-0.15, -0.1) is 0 Å². The third-order valence-electron chi connectivity index (χ3n) is 11.4. The van der Waals surface area contributed by atoms with Crippen LogP contribution in [0.3, 0.4) is 0 Å². The summed E-state index contributed by atoms with van der Waals surface area (Å²) in [6.45, 7) is 7.62. The lowest BCUT2D eigenvalue weighted by Crippen LogP contribution is -1.95. The number of nitrogens with zero attached hydrogens (tertiary/aromatic N) is 5. The van der Waals surface area contributed by atoms with Crippen LogP contribution in [0.5, 0.6) is 0 Å². The highest BCUT2D eigenvalue weighted by Crippen LogP contribution is 2.43. The first-order chi connectivity index (χ1) is 27.7. The van der Waals surface area contributed by atoms with E-state index in [1.165, 1.54) is 32.6 Å².